The van der Waals surface area contributed by atoms with Gasteiger partial charge in [-0.3, -0.25) is 0 Å². The molecule has 0 saturated carbocycles. The molecule has 8 heteroatoms. The Morgan fingerprint density at radius 3 is 1.32 bits per heavy atom. The van der Waals surface area contributed by atoms with Crippen molar-refractivity contribution in [2.75, 3.05) is 19.4 Å². The second kappa shape index (κ2) is 13.5. The number of hydrogen-bond donors (Lipinski definition) is 0. The number of carbonyl (C=O) groups excluding carboxylic acids is 1. The molecule has 4 aromatic carbocycles. The minimum Gasteiger partial charge on any atom is -0.466 e. The van der Waals surface area contributed by atoms with Gasteiger partial charge in [0.15, 0.2) is 6.16 Å². The maximum absolute atomic E-state index is 12.8. The van der Waals surface area contributed by atoms with Crippen LogP contribution in [0.1, 0.15) is 17.0 Å². The van der Waals surface area contributed by atoms with E-state index in [0.29, 0.717) is 6.16 Å². The van der Waals surface area contributed by atoms with E-state index in [0.717, 1.165) is 6.16 Å². The van der Waals surface area contributed by atoms with Gasteiger partial charge in [0.25, 0.3) is 0 Å². The van der Waals surface area contributed by atoms with Crippen LogP contribution < -0.4 is 29.2 Å². The van der Waals surface area contributed by atoms with E-state index in [9.17, 15) is 4.79 Å². The van der Waals surface area contributed by atoms with Crippen molar-refractivity contribution in [2.24, 2.45) is 0 Å². The Hall–Kier alpha value is -3.09. The summed E-state index contributed by atoms with van der Waals surface area (Å²) in [5.41, 5.74) is 2.53. The predicted octanol–water partition coefficient (Wildman–Crippen LogP) is 0.904. The Bertz CT molecular complexity index is 1130. The molecular weight excluding hydrogens is 511 g/mol. The van der Waals surface area contributed by atoms with Crippen molar-refractivity contribution in [3.05, 3.63) is 132 Å². The van der Waals surface area contributed by atoms with Crippen molar-refractivity contribution in [3.8, 4) is 0 Å². The summed E-state index contributed by atoms with van der Waals surface area (Å²) in [5, 5.41) is 2.46. The number of esters is 1. The van der Waals surface area contributed by atoms with Gasteiger partial charge in [0.05, 0.1) is 31.1 Å². The minimum absolute atomic E-state index is 0.161. The third-order valence-corrected chi connectivity index (χ3v) is 10.4. The maximum atomic E-state index is 12.8. The fourth-order valence-corrected chi connectivity index (χ4v) is 8.72. The van der Waals surface area contributed by atoms with Gasteiger partial charge in [-0.1, -0.05) is 97.1 Å². The molecule has 4 aromatic rings. The van der Waals surface area contributed by atoms with Gasteiger partial charge in [0.1, 0.15) is 0 Å². The molecule has 0 aliphatic heterocycles. The van der Waals surface area contributed by atoms with Crippen LogP contribution in [0.15, 0.2) is 121 Å². The standard InChI is InChI=1S/C29H28O2P.ClHO4/c1-31-29(30)23-32(26-18-10-4-11-19-26,27-20-12-5-13-21-27)22-28(24-14-6-2-7-15-24)25-16-8-3-9-17-25;2-1(3,4)5/h2-21,28H,22-23H2,1H3;(H,2,3,4,5)/q+1;/p-1. The quantitative estimate of drug-likeness (QED) is 0.243. The molecule has 0 aromatic heterocycles. The Balaban J connectivity index is 0.000000695. The molecule has 0 N–H and O–H groups in total. The highest BCUT2D eigenvalue weighted by Gasteiger charge is 2.47. The summed E-state index contributed by atoms with van der Waals surface area (Å²) in [6.45, 7) is 0. The molecule has 0 bridgehead atoms. The van der Waals surface area contributed by atoms with Crippen molar-refractivity contribution in [3.63, 3.8) is 0 Å². The highest BCUT2D eigenvalue weighted by Crippen LogP contribution is 2.59. The molecule has 0 amide bonds. The summed E-state index contributed by atoms with van der Waals surface area (Å²) in [4.78, 5) is 12.8. The first-order valence-corrected chi connectivity index (χ1v) is 14.9. The van der Waals surface area contributed by atoms with Gasteiger partial charge in [-0.25, -0.2) is 23.4 Å². The van der Waals surface area contributed by atoms with Crippen molar-refractivity contribution < 1.29 is 38.4 Å². The molecule has 0 fully saturated rings. The monoisotopic (exact) mass is 538 g/mol. The van der Waals surface area contributed by atoms with Crippen molar-refractivity contribution in [1.82, 2.24) is 0 Å². The maximum Gasteiger partial charge on any atom is 0.344 e. The van der Waals surface area contributed by atoms with Crippen LogP contribution in [0, 0.1) is 10.2 Å². The van der Waals surface area contributed by atoms with E-state index >= 15 is 0 Å². The van der Waals surface area contributed by atoms with E-state index in [-0.39, 0.29) is 11.9 Å². The van der Waals surface area contributed by atoms with Gasteiger partial charge in [0, 0.05) is 5.92 Å². The highest BCUT2D eigenvalue weighted by atomic mass is 35.7. The van der Waals surface area contributed by atoms with Crippen LogP contribution in [0.2, 0.25) is 0 Å². The molecule has 0 saturated heterocycles. The average molecular weight is 539 g/mol. The summed E-state index contributed by atoms with van der Waals surface area (Å²) in [6.07, 6.45) is 1.23. The van der Waals surface area contributed by atoms with Crippen LogP contribution in [0.25, 0.3) is 0 Å². The topological polar surface area (TPSA) is 119 Å². The number of benzene rings is 4. The number of methoxy groups -OCH3 is 1. The average Bonchev–Trinajstić information content (AvgIpc) is 2.92. The van der Waals surface area contributed by atoms with Gasteiger partial charge in [-0.15, -0.1) is 10.2 Å². The summed E-state index contributed by atoms with van der Waals surface area (Å²) in [5.74, 6) is 0.00159. The lowest BCUT2D eigenvalue weighted by Crippen LogP contribution is -2.68. The summed E-state index contributed by atoms with van der Waals surface area (Å²) in [7, 11) is -5.59. The normalized spacial score (nSPS) is 11.4. The Kier molecular flexibility index (Phi) is 10.4. The molecule has 0 heterocycles. The third kappa shape index (κ3) is 8.48. The molecule has 0 aliphatic rings. The first kappa shape index (κ1) is 28.5. The van der Waals surface area contributed by atoms with Gasteiger partial charge >= 0.3 is 5.97 Å². The molecular formula is C29H28ClO6P. The molecule has 192 valence electrons. The third-order valence-electron chi connectivity index (χ3n) is 6.03. The summed E-state index contributed by atoms with van der Waals surface area (Å²) >= 11 is 0. The second-order valence-electron chi connectivity index (χ2n) is 8.31. The van der Waals surface area contributed by atoms with E-state index in [1.807, 2.05) is 12.1 Å². The lowest BCUT2D eigenvalue weighted by atomic mass is 9.93. The molecule has 0 unspecified atom stereocenters. The van der Waals surface area contributed by atoms with Crippen LogP contribution in [0.4, 0.5) is 0 Å². The highest BCUT2D eigenvalue weighted by molar-refractivity contribution is 7.90. The van der Waals surface area contributed by atoms with Crippen LogP contribution in [-0.4, -0.2) is 25.4 Å². The fraction of sp³-hybridized carbons (Fsp3) is 0.138. The van der Waals surface area contributed by atoms with E-state index in [1.165, 1.54) is 28.8 Å². The largest absolute Gasteiger partial charge is 0.466 e. The molecule has 4 rings (SSSR count). The number of halogens is 1. The van der Waals surface area contributed by atoms with Crippen LogP contribution in [-0.2, 0) is 9.53 Å². The molecule has 0 atom stereocenters. The number of hydrogen-bond acceptors (Lipinski definition) is 6. The molecule has 0 spiro atoms. The lowest BCUT2D eigenvalue weighted by molar-refractivity contribution is -2.00. The van der Waals surface area contributed by atoms with Gasteiger partial charge in [-0.2, -0.15) is 0 Å². The van der Waals surface area contributed by atoms with E-state index in [1.54, 1.807) is 0 Å². The zero-order chi connectivity index (χ0) is 26.7. The van der Waals surface area contributed by atoms with Gasteiger partial charge < -0.3 is 4.74 Å². The number of rotatable bonds is 8. The van der Waals surface area contributed by atoms with Crippen LogP contribution in [0.5, 0.6) is 0 Å². The van der Waals surface area contributed by atoms with E-state index in [4.69, 9.17) is 23.4 Å². The Morgan fingerprint density at radius 1 is 0.676 bits per heavy atom. The molecule has 0 aliphatic carbocycles. The van der Waals surface area contributed by atoms with Gasteiger partial charge in [-0.05, 0) is 35.4 Å². The smallest absolute Gasteiger partial charge is 0.344 e. The molecule has 6 nitrogen and oxygen atoms in total. The van der Waals surface area contributed by atoms with Crippen LogP contribution in [0.3, 0.4) is 0 Å². The Morgan fingerprint density at radius 2 is 1.00 bits per heavy atom. The minimum atomic E-state index is -4.94. The SMILES string of the molecule is COC(=O)C[P+](CC(c1ccccc1)c1ccccc1)(c1ccccc1)c1ccccc1.[O-][Cl+3]([O-])([O-])[O-]. The summed E-state index contributed by atoms with van der Waals surface area (Å²) < 4.78 is 39.2. The van der Waals surface area contributed by atoms with Crippen molar-refractivity contribution in [2.45, 2.75) is 5.92 Å². The van der Waals surface area contributed by atoms with Crippen molar-refractivity contribution in [1.29, 1.82) is 0 Å². The van der Waals surface area contributed by atoms with E-state index in [2.05, 4.69) is 109 Å². The molecule has 37 heavy (non-hydrogen) atoms. The number of ether oxygens (including phenoxy) is 1. The second-order valence-corrected chi connectivity index (χ2v) is 12.7. The first-order chi connectivity index (χ1) is 17.7. The lowest BCUT2D eigenvalue weighted by Gasteiger charge is -2.31. The zero-order valence-corrected chi connectivity index (χ0v) is 22.0. The first-order valence-electron chi connectivity index (χ1n) is 11.5. The zero-order valence-electron chi connectivity index (χ0n) is 20.3. The van der Waals surface area contributed by atoms with Crippen LogP contribution >= 0.6 is 7.26 Å². The summed E-state index contributed by atoms with van der Waals surface area (Å²) in [6, 6.07) is 42.3. The Labute approximate surface area is 219 Å². The number of carbonyl (C=O) groups is 1. The predicted molar refractivity (Wildman–Crippen MR) is 136 cm³/mol. The fourth-order valence-electron chi connectivity index (χ4n) is 4.40. The van der Waals surface area contributed by atoms with Gasteiger partial charge in [0.2, 0.25) is 0 Å². The van der Waals surface area contributed by atoms with Crippen molar-refractivity contribution >= 4 is 23.8 Å². The molecule has 0 radical (unpaired) electrons. The van der Waals surface area contributed by atoms with E-state index < -0.39 is 17.5 Å².